The molecule has 0 bridgehead atoms. The Morgan fingerprint density at radius 3 is 2.53 bits per heavy atom. The van der Waals surface area contributed by atoms with E-state index in [1.165, 1.54) is 0 Å². The number of piperidine rings is 1. The minimum absolute atomic E-state index is 0.179. The highest BCUT2D eigenvalue weighted by Crippen LogP contribution is 2.35. The number of carbonyl (C=O) groups excluding carboxylic acids is 1. The van der Waals surface area contributed by atoms with Gasteiger partial charge in [-0.15, -0.1) is 0 Å². The molecule has 19 heavy (non-hydrogen) atoms. The number of hydrogen-bond donors (Lipinski definition) is 2. The molecule has 0 spiro atoms. The van der Waals surface area contributed by atoms with E-state index in [1.807, 2.05) is 24.3 Å². The van der Waals surface area contributed by atoms with Crippen LogP contribution in [0, 0.1) is 5.41 Å². The number of amides is 1. The van der Waals surface area contributed by atoms with Crippen LogP contribution in [0.4, 0.5) is 5.69 Å². The van der Waals surface area contributed by atoms with Crippen LogP contribution >= 0.6 is 15.9 Å². The number of rotatable bonds is 4. The lowest BCUT2D eigenvalue weighted by atomic mass is 9.74. The maximum Gasteiger partial charge on any atom is 0.230 e. The summed E-state index contributed by atoms with van der Waals surface area (Å²) in [6.45, 7) is 4.03. The van der Waals surface area contributed by atoms with Crippen molar-refractivity contribution in [1.82, 2.24) is 5.32 Å². The first kappa shape index (κ1) is 14.5. The smallest absolute Gasteiger partial charge is 0.230 e. The highest BCUT2D eigenvalue weighted by molar-refractivity contribution is 9.10. The molecule has 0 atom stereocenters. The molecule has 1 aliphatic rings. The second-order valence-electron chi connectivity index (χ2n) is 5.24. The van der Waals surface area contributed by atoms with Crippen LogP contribution in [0.15, 0.2) is 28.7 Å². The van der Waals surface area contributed by atoms with Gasteiger partial charge in [0, 0.05) is 10.2 Å². The molecule has 1 saturated heterocycles. The van der Waals surface area contributed by atoms with E-state index in [2.05, 4.69) is 33.5 Å². The minimum Gasteiger partial charge on any atom is -0.326 e. The zero-order valence-electron chi connectivity index (χ0n) is 11.3. The van der Waals surface area contributed by atoms with Crippen LogP contribution in [0.25, 0.3) is 0 Å². The van der Waals surface area contributed by atoms with Crippen molar-refractivity contribution in [2.24, 2.45) is 5.41 Å². The van der Waals surface area contributed by atoms with Gasteiger partial charge in [-0.1, -0.05) is 29.3 Å². The van der Waals surface area contributed by atoms with Gasteiger partial charge in [0.25, 0.3) is 0 Å². The SMILES string of the molecule is CCCC1(C(=O)Nc2ccc(Br)cc2)CCNCC1. The molecule has 0 unspecified atom stereocenters. The summed E-state index contributed by atoms with van der Waals surface area (Å²) in [6.07, 6.45) is 3.89. The molecule has 1 aliphatic heterocycles. The molecule has 0 aromatic heterocycles. The quantitative estimate of drug-likeness (QED) is 0.889. The van der Waals surface area contributed by atoms with Crippen LogP contribution < -0.4 is 10.6 Å². The predicted octanol–water partition coefficient (Wildman–Crippen LogP) is 3.56. The monoisotopic (exact) mass is 324 g/mol. The van der Waals surface area contributed by atoms with Gasteiger partial charge >= 0.3 is 0 Å². The van der Waals surface area contributed by atoms with Gasteiger partial charge in [0.05, 0.1) is 5.41 Å². The standard InChI is InChI=1S/C15H21BrN2O/c1-2-7-15(8-10-17-11-9-15)14(19)18-13-5-3-12(16)4-6-13/h3-6,17H,2,7-11H2,1H3,(H,18,19). The molecule has 104 valence electrons. The number of benzene rings is 1. The van der Waals surface area contributed by atoms with Crippen molar-refractivity contribution < 1.29 is 4.79 Å². The molecule has 1 aromatic carbocycles. The lowest BCUT2D eigenvalue weighted by molar-refractivity contribution is -0.127. The fourth-order valence-electron chi connectivity index (χ4n) is 2.77. The first-order valence-electron chi connectivity index (χ1n) is 6.94. The second kappa shape index (κ2) is 6.53. The van der Waals surface area contributed by atoms with Gasteiger partial charge in [0.15, 0.2) is 0 Å². The largest absolute Gasteiger partial charge is 0.326 e. The summed E-state index contributed by atoms with van der Waals surface area (Å²) in [5.74, 6) is 0.179. The minimum atomic E-state index is -0.187. The van der Waals surface area contributed by atoms with Gasteiger partial charge in [-0.25, -0.2) is 0 Å². The van der Waals surface area contributed by atoms with E-state index in [0.717, 1.165) is 48.9 Å². The first-order chi connectivity index (χ1) is 9.16. The van der Waals surface area contributed by atoms with Gasteiger partial charge in [0.1, 0.15) is 0 Å². The van der Waals surface area contributed by atoms with Crippen LogP contribution in [0.3, 0.4) is 0 Å². The summed E-state index contributed by atoms with van der Waals surface area (Å²) in [5, 5.41) is 6.41. The maximum absolute atomic E-state index is 12.6. The van der Waals surface area contributed by atoms with Crippen LogP contribution in [0.1, 0.15) is 32.6 Å². The molecule has 2 N–H and O–H groups in total. The highest BCUT2D eigenvalue weighted by Gasteiger charge is 2.38. The molecule has 3 nitrogen and oxygen atoms in total. The second-order valence-corrected chi connectivity index (χ2v) is 6.16. The molecular weight excluding hydrogens is 304 g/mol. The fraction of sp³-hybridized carbons (Fsp3) is 0.533. The molecule has 1 aromatic rings. The van der Waals surface area contributed by atoms with E-state index in [1.54, 1.807) is 0 Å². The molecular formula is C15H21BrN2O. The summed E-state index contributed by atoms with van der Waals surface area (Å²) in [6, 6.07) is 7.76. The number of carbonyl (C=O) groups is 1. The van der Waals surface area contributed by atoms with Crippen molar-refractivity contribution in [1.29, 1.82) is 0 Å². The third-order valence-corrected chi connectivity index (χ3v) is 4.40. The molecule has 1 fully saturated rings. The van der Waals surface area contributed by atoms with Crippen LogP contribution in [-0.2, 0) is 4.79 Å². The van der Waals surface area contributed by atoms with E-state index in [9.17, 15) is 4.79 Å². The molecule has 1 heterocycles. The number of hydrogen-bond acceptors (Lipinski definition) is 2. The molecule has 0 saturated carbocycles. The van der Waals surface area contributed by atoms with E-state index in [0.29, 0.717) is 0 Å². The zero-order valence-corrected chi connectivity index (χ0v) is 12.9. The van der Waals surface area contributed by atoms with Crippen LogP contribution in [0.5, 0.6) is 0 Å². The van der Waals surface area contributed by atoms with Crippen molar-refractivity contribution in [3.05, 3.63) is 28.7 Å². The van der Waals surface area contributed by atoms with Crippen LogP contribution in [-0.4, -0.2) is 19.0 Å². The van der Waals surface area contributed by atoms with Crippen molar-refractivity contribution in [3.8, 4) is 0 Å². The van der Waals surface area contributed by atoms with Gasteiger partial charge < -0.3 is 10.6 Å². The number of halogens is 1. The van der Waals surface area contributed by atoms with Gasteiger partial charge in [-0.2, -0.15) is 0 Å². The molecule has 0 aliphatic carbocycles. The van der Waals surface area contributed by atoms with Crippen LogP contribution in [0.2, 0.25) is 0 Å². The first-order valence-corrected chi connectivity index (χ1v) is 7.73. The summed E-state index contributed by atoms with van der Waals surface area (Å²) in [4.78, 5) is 12.6. The predicted molar refractivity (Wildman–Crippen MR) is 82.2 cm³/mol. The third-order valence-electron chi connectivity index (χ3n) is 3.87. The summed E-state index contributed by atoms with van der Waals surface area (Å²) in [7, 11) is 0. The molecule has 1 amide bonds. The lowest BCUT2D eigenvalue weighted by Gasteiger charge is -2.36. The Morgan fingerprint density at radius 1 is 1.32 bits per heavy atom. The van der Waals surface area contributed by atoms with Crippen molar-refractivity contribution in [2.75, 3.05) is 18.4 Å². The molecule has 2 rings (SSSR count). The normalized spacial score (nSPS) is 18.0. The fourth-order valence-corrected chi connectivity index (χ4v) is 3.04. The highest BCUT2D eigenvalue weighted by atomic mass is 79.9. The van der Waals surface area contributed by atoms with Crippen molar-refractivity contribution in [3.63, 3.8) is 0 Å². The average molecular weight is 325 g/mol. The maximum atomic E-state index is 12.6. The summed E-state index contributed by atoms with van der Waals surface area (Å²) in [5.41, 5.74) is 0.690. The number of anilines is 1. The molecule has 4 heteroatoms. The lowest BCUT2D eigenvalue weighted by Crippen LogP contribution is -2.44. The Morgan fingerprint density at radius 2 is 1.95 bits per heavy atom. The molecule has 0 radical (unpaired) electrons. The Labute approximate surface area is 123 Å². The Balaban J connectivity index is 2.09. The summed E-state index contributed by atoms with van der Waals surface area (Å²) < 4.78 is 1.02. The Bertz CT molecular complexity index is 419. The average Bonchev–Trinajstić information content (AvgIpc) is 2.43. The van der Waals surface area contributed by atoms with Crippen molar-refractivity contribution >= 4 is 27.5 Å². The summed E-state index contributed by atoms with van der Waals surface area (Å²) >= 11 is 3.40. The van der Waals surface area contributed by atoms with E-state index in [4.69, 9.17) is 0 Å². The topological polar surface area (TPSA) is 41.1 Å². The third kappa shape index (κ3) is 3.57. The Hall–Kier alpha value is -0.870. The van der Waals surface area contributed by atoms with Crippen molar-refractivity contribution in [2.45, 2.75) is 32.6 Å². The van der Waals surface area contributed by atoms with Gasteiger partial charge in [0.2, 0.25) is 5.91 Å². The number of nitrogens with one attached hydrogen (secondary N) is 2. The zero-order chi connectivity index (χ0) is 13.7. The van der Waals surface area contributed by atoms with E-state index < -0.39 is 0 Å². The Kier molecular flexibility index (Phi) is 4.99. The van der Waals surface area contributed by atoms with Gasteiger partial charge in [-0.05, 0) is 56.6 Å². The van der Waals surface area contributed by atoms with Gasteiger partial charge in [-0.3, -0.25) is 4.79 Å². The van der Waals surface area contributed by atoms with E-state index in [-0.39, 0.29) is 11.3 Å². The van der Waals surface area contributed by atoms with E-state index >= 15 is 0 Å².